The van der Waals surface area contributed by atoms with Crippen LogP contribution in [0.25, 0.3) is 10.2 Å². The van der Waals surface area contributed by atoms with Gasteiger partial charge < -0.3 is 20.4 Å². The van der Waals surface area contributed by atoms with E-state index >= 15 is 0 Å². The van der Waals surface area contributed by atoms with Crippen LogP contribution in [0.1, 0.15) is 42.5 Å². The minimum atomic E-state index is -0.543. The molecule has 1 aliphatic rings. The molecule has 182 valence electrons. The van der Waals surface area contributed by atoms with Gasteiger partial charge in [0.05, 0.1) is 42.1 Å². The number of likely N-dealkylation sites (N-methyl/N-ethyl adjacent to an activating group) is 1. The monoisotopic (exact) mass is 491 g/mol. The Labute approximate surface area is 208 Å². The van der Waals surface area contributed by atoms with Crippen LogP contribution in [-0.4, -0.2) is 51.7 Å². The van der Waals surface area contributed by atoms with Crippen LogP contribution in [0.15, 0.2) is 41.8 Å². The van der Waals surface area contributed by atoms with Crippen molar-refractivity contribution >= 4 is 39.2 Å². The summed E-state index contributed by atoms with van der Waals surface area (Å²) in [6.07, 6.45) is 0. The Morgan fingerprint density at radius 2 is 1.97 bits per heavy atom. The largest absolute Gasteiger partial charge is 0.338 e. The molecule has 1 aromatic carbocycles. The molecule has 0 unspecified atom stereocenters. The number of hydrogen-bond acceptors (Lipinski definition) is 6. The molecule has 0 saturated heterocycles. The number of nitrogens with one attached hydrogen (secondary N) is 4. The number of nitrogens with zero attached hydrogens (tertiary/aromatic N) is 4. The summed E-state index contributed by atoms with van der Waals surface area (Å²) in [4.78, 5) is 25.8. The van der Waals surface area contributed by atoms with Gasteiger partial charge in [-0.15, -0.1) is 11.3 Å². The summed E-state index contributed by atoms with van der Waals surface area (Å²) in [5.74, 6) is 2.12. The summed E-state index contributed by atoms with van der Waals surface area (Å²) >= 11 is 1.59. The average molecular weight is 492 g/mol. The summed E-state index contributed by atoms with van der Waals surface area (Å²) in [5, 5.41) is 16.4. The number of anilines is 2. The van der Waals surface area contributed by atoms with Crippen molar-refractivity contribution in [2.45, 2.75) is 38.9 Å². The van der Waals surface area contributed by atoms with Crippen LogP contribution in [-0.2, 0) is 12.1 Å². The second-order valence-electron chi connectivity index (χ2n) is 9.77. The predicted octanol–water partition coefficient (Wildman–Crippen LogP) is 3.11. The van der Waals surface area contributed by atoms with Crippen LogP contribution in [0.3, 0.4) is 0 Å². The maximum atomic E-state index is 13.6. The van der Waals surface area contributed by atoms with E-state index in [4.69, 9.17) is 0 Å². The fourth-order valence-electron chi connectivity index (χ4n) is 4.69. The SMILES string of the molecule is Cc1nc(Nc2n[nH]c3c2CN(C(=O)N[C@H](C[NH+](C)C)c2ccccc2)C3(C)C)c2sccc2n1. The van der Waals surface area contributed by atoms with Gasteiger partial charge >= 0.3 is 6.03 Å². The van der Waals surface area contributed by atoms with Gasteiger partial charge in [-0.1, -0.05) is 30.3 Å². The van der Waals surface area contributed by atoms with E-state index in [0.29, 0.717) is 18.2 Å². The Hall–Kier alpha value is -3.50. The predicted molar refractivity (Wildman–Crippen MR) is 138 cm³/mol. The van der Waals surface area contributed by atoms with Crippen molar-refractivity contribution in [3.8, 4) is 0 Å². The van der Waals surface area contributed by atoms with Crippen LogP contribution in [0, 0.1) is 6.92 Å². The van der Waals surface area contributed by atoms with Gasteiger partial charge in [0.25, 0.3) is 0 Å². The van der Waals surface area contributed by atoms with Gasteiger partial charge in [0.2, 0.25) is 0 Å². The highest BCUT2D eigenvalue weighted by molar-refractivity contribution is 7.17. The molecule has 0 bridgehead atoms. The molecular weight excluding hydrogens is 460 g/mol. The summed E-state index contributed by atoms with van der Waals surface area (Å²) in [7, 11) is 4.19. The zero-order chi connectivity index (χ0) is 24.7. The van der Waals surface area contributed by atoms with Crippen LogP contribution in [0.4, 0.5) is 16.4 Å². The number of amides is 2. The number of fused-ring (bicyclic) bond motifs is 2. The molecule has 3 aromatic heterocycles. The Bertz CT molecular complexity index is 1360. The first-order valence-electron chi connectivity index (χ1n) is 11.7. The highest BCUT2D eigenvalue weighted by Crippen LogP contribution is 2.41. The number of aryl methyl sites for hydroxylation is 1. The Morgan fingerprint density at radius 1 is 1.20 bits per heavy atom. The quantitative estimate of drug-likeness (QED) is 0.332. The maximum absolute atomic E-state index is 13.6. The number of rotatable bonds is 6. The molecule has 4 heterocycles. The molecule has 0 saturated carbocycles. The van der Waals surface area contributed by atoms with E-state index < -0.39 is 5.54 Å². The summed E-state index contributed by atoms with van der Waals surface area (Å²) < 4.78 is 0.982. The summed E-state index contributed by atoms with van der Waals surface area (Å²) in [6.45, 7) is 7.20. The molecule has 0 aliphatic carbocycles. The molecule has 1 atom stereocenters. The van der Waals surface area contributed by atoms with Crippen LogP contribution >= 0.6 is 11.3 Å². The maximum Gasteiger partial charge on any atom is 0.319 e. The number of aromatic amines is 1. The molecule has 0 spiro atoms. The van der Waals surface area contributed by atoms with Crippen molar-refractivity contribution in [3.05, 3.63) is 64.4 Å². The Kier molecular flexibility index (Phi) is 5.94. The lowest BCUT2D eigenvalue weighted by atomic mass is 10.0. The Morgan fingerprint density at radius 3 is 2.71 bits per heavy atom. The number of carbonyl (C=O) groups is 1. The van der Waals surface area contributed by atoms with E-state index in [0.717, 1.165) is 39.4 Å². The normalized spacial score (nSPS) is 15.4. The van der Waals surface area contributed by atoms with Crippen LogP contribution < -0.4 is 15.5 Å². The second kappa shape index (κ2) is 8.94. The van der Waals surface area contributed by atoms with Gasteiger partial charge in [0.1, 0.15) is 18.4 Å². The van der Waals surface area contributed by atoms with Crippen molar-refractivity contribution in [2.24, 2.45) is 0 Å². The van der Waals surface area contributed by atoms with Crippen molar-refractivity contribution in [3.63, 3.8) is 0 Å². The fourth-order valence-corrected chi connectivity index (χ4v) is 5.47. The third-order valence-corrected chi connectivity index (χ3v) is 7.39. The highest BCUT2D eigenvalue weighted by atomic mass is 32.1. The first kappa shape index (κ1) is 23.3. The van der Waals surface area contributed by atoms with Gasteiger partial charge in [-0.25, -0.2) is 14.8 Å². The smallest absolute Gasteiger partial charge is 0.319 e. The molecule has 2 amide bonds. The highest BCUT2D eigenvalue weighted by Gasteiger charge is 2.44. The first-order chi connectivity index (χ1) is 16.7. The molecule has 1 aliphatic heterocycles. The third-order valence-electron chi connectivity index (χ3n) is 6.48. The number of thiophene rings is 1. The minimum Gasteiger partial charge on any atom is -0.338 e. The van der Waals surface area contributed by atoms with Crippen LogP contribution in [0.2, 0.25) is 0 Å². The molecular formula is C25H31N8OS+. The van der Waals surface area contributed by atoms with Crippen molar-refractivity contribution in [1.29, 1.82) is 0 Å². The number of hydrogen-bond donors (Lipinski definition) is 4. The number of H-pyrrole nitrogens is 1. The van der Waals surface area contributed by atoms with Crippen molar-refractivity contribution in [1.82, 2.24) is 30.4 Å². The number of urea groups is 1. The van der Waals surface area contributed by atoms with Gasteiger partial charge in [-0.3, -0.25) is 5.10 Å². The molecule has 4 N–H and O–H groups in total. The minimum absolute atomic E-state index is 0.0877. The van der Waals surface area contributed by atoms with E-state index in [-0.39, 0.29) is 12.1 Å². The molecule has 10 heteroatoms. The van der Waals surface area contributed by atoms with Gasteiger partial charge in [0.15, 0.2) is 11.6 Å². The van der Waals surface area contributed by atoms with Gasteiger partial charge in [-0.05, 0) is 37.8 Å². The Balaban J connectivity index is 1.40. The van der Waals surface area contributed by atoms with Gasteiger partial charge in [0, 0.05) is 5.56 Å². The lowest BCUT2D eigenvalue weighted by Crippen LogP contribution is -3.06. The number of carbonyl (C=O) groups excluding carboxylic acids is 1. The van der Waals surface area contributed by atoms with E-state index in [2.05, 4.69) is 57.0 Å². The molecule has 0 radical (unpaired) electrons. The number of benzene rings is 1. The third kappa shape index (κ3) is 4.35. The summed E-state index contributed by atoms with van der Waals surface area (Å²) in [5.41, 5.74) is 3.37. The first-order valence-corrected chi connectivity index (χ1v) is 12.6. The van der Waals surface area contributed by atoms with Crippen LogP contribution in [0.5, 0.6) is 0 Å². The molecule has 9 nitrogen and oxygen atoms in total. The molecule has 35 heavy (non-hydrogen) atoms. The number of aromatic nitrogens is 4. The second-order valence-corrected chi connectivity index (χ2v) is 10.7. The van der Waals surface area contributed by atoms with E-state index in [1.165, 1.54) is 4.90 Å². The fraction of sp³-hybridized carbons (Fsp3) is 0.360. The van der Waals surface area contributed by atoms with Gasteiger partial charge in [-0.2, -0.15) is 5.10 Å². The topological polar surface area (TPSA) is 103 Å². The van der Waals surface area contributed by atoms with Crippen molar-refractivity contribution in [2.75, 3.05) is 26.0 Å². The van der Waals surface area contributed by atoms with E-state index in [1.807, 2.05) is 55.3 Å². The molecule has 4 aromatic rings. The number of quaternary nitrogens is 1. The molecule has 5 rings (SSSR count). The lowest BCUT2D eigenvalue weighted by molar-refractivity contribution is -0.860. The van der Waals surface area contributed by atoms with Crippen molar-refractivity contribution < 1.29 is 9.69 Å². The van der Waals surface area contributed by atoms with E-state index in [9.17, 15) is 4.79 Å². The lowest BCUT2D eigenvalue weighted by Gasteiger charge is -2.33. The zero-order valence-electron chi connectivity index (χ0n) is 20.6. The zero-order valence-corrected chi connectivity index (χ0v) is 21.5. The summed E-state index contributed by atoms with van der Waals surface area (Å²) in [6, 6.07) is 11.9. The standard InChI is InChI=1S/C25H30N8OS/c1-15-26-18-11-12-35-20(18)23(27-15)29-22-17-13-33(25(2,3)21(17)30-31-22)24(34)28-19(14-32(4)5)16-9-7-6-8-10-16/h6-12,19H,13-14H2,1-5H3,(H,28,34)(H2,26,27,29,30,31)/p+1/t19-/m1/s1. The molecule has 0 fully saturated rings. The average Bonchev–Trinajstić information content (AvgIpc) is 3.50. The van der Waals surface area contributed by atoms with E-state index in [1.54, 1.807) is 11.3 Å².